The fourth-order valence-electron chi connectivity index (χ4n) is 5.68. The zero-order chi connectivity index (χ0) is 37.6. The summed E-state index contributed by atoms with van der Waals surface area (Å²) in [6.45, 7) is -2.52. The van der Waals surface area contributed by atoms with Gasteiger partial charge in [0.1, 0.15) is 54.6 Å². The van der Waals surface area contributed by atoms with Gasteiger partial charge in [-0.05, 0) is 18.9 Å². The average molecular weight is 745 g/mol. The third kappa shape index (κ3) is 9.31. The molecular weight excluding hydrogens is 702 g/mol. The SMILES string of the molecule is NC(=O)O[C@@H]1[C@H](O)[C@@H](O[C@H]2C(OCCCCCC(=O)Nc3ccn(C4OC(CO)C(O)C4(F)F)c(=O)n3)O[C@H](CO)[C@H](O)[C@H]2O)O[C@H](CO)[C@H]1O. The number of alkyl halides is 2. The summed E-state index contributed by atoms with van der Waals surface area (Å²) in [6, 6.07) is 1.08. The van der Waals surface area contributed by atoms with E-state index >= 15 is 0 Å². The Morgan fingerprint density at radius 1 is 0.882 bits per heavy atom. The maximum absolute atomic E-state index is 14.4. The van der Waals surface area contributed by atoms with Crippen molar-refractivity contribution in [2.45, 2.75) is 111 Å². The summed E-state index contributed by atoms with van der Waals surface area (Å²) in [5.74, 6) is -4.70. The van der Waals surface area contributed by atoms with Crippen LogP contribution in [-0.2, 0) is 33.2 Å². The third-order valence-corrected chi connectivity index (χ3v) is 8.43. The summed E-state index contributed by atoms with van der Waals surface area (Å²) >= 11 is 0. The van der Waals surface area contributed by atoms with Crippen molar-refractivity contribution < 1.29 is 87.6 Å². The number of hydrogen-bond donors (Lipinski definition) is 10. The lowest BCUT2D eigenvalue weighted by atomic mass is 9.97. The normalized spacial score (nSPS) is 36.5. The molecule has 0 spiro atoms. The standard InChI is InChI=1S/C28H42F2N4O17/c29-28(30)22(43)13(10-37)49-25(28)34-6-5-14(33-27(34)45)32-15(38)4-2-1-3-7-46-24-21(18(41)16(39)11(8-35)48-24)50-23-19(42)20(51-26(31)44)17(40)12(9-36)47-23/h5-6,11-13,16-25,35-37,39-43H,1-4,7-10H2,(H2,31,44)(H,32,33,38,45)/t11-,12-,13?,16+,17-,18-,19+,20+,21-,22?,23-,24?,25?/m1/s1. The maximum atomic E-state index is 14.4. The minimum atomic E-state index is -3.90. The molecular formula is C28H42F2N4O17. The van der Waals surface area contributed by atoms with Crippen LogP contribution in [0.15, 0.2) is 17.1 Å². The van der Waals surface area contributed by atoms with Gasteiger partial charge in [0.25, 0.3) is 0 Å². The number of ether oxygens (including phenoxy) is 6. The highest BCUT2D eigenvalue weighted by Gasteiger charge is 2.59. The number of carbonyl (C=O) groups is 2. The first-order valence-electron chi connectivity index (χ1n) is 15.8. The number of aliphatic hydroxyl groups excluding tert-OH is 8. The van der Waals surface area contributed by atoms with E-state index in [1.165, 1.54) is 0 Å². The van der Waals surface area contributed by atoms with Crippen molar-refractivity contribution in [3.63, 3.8) is 0 Å². The molecule has 0 radical (unpaired) electrons. The van der Waals surface area contributed by atoms with E-state index in [-0.39, 0.29) is 25.3 Å². The first-order valence-corrected chi connectivity index (χ1v) is 15.8. The molecule has 51 heavy (non-hydrogen) atoms. The van der Waals surface area contributed by atoms with Gasteiger partial charge in [-0.25, -0.2) is 9.59 Å². The minimum absolute atomic E-state index is 0.0641. The molecule has 290 valence electrons. The van der Waals surface area contributed by atoms with Gasteiger partial charge in [-0.2, -0.15) is 13.8 Å². The molecule has 2 amide bonds. The van der Waals surface area contributed by atoms with Crippen LogP contribution in [0.25, 0.3) is 0 Å². The summed E-state index contributed by atoms with van der Waals surface area (Å²) in [5, 5.41) is 82.5. The summed E-state index contributed by atoms with van der Waals surface area (Å²) in [7, 11) is 0. The Bertz CT molecular complexity index is 1380. The molecule has 1 aromatic rings. The number of amides is 2. The van der Waals surface area contributed by atoms with Crippen molar-refractivity contribution in [2.75, 3.05) is 31.7 Å². The second-order valence-electron chi connectivity index (χ2n) is 12.0. The summed E-state index contributed by atoms with van der Waals surface area (Å²) in [6.07, 6.45) is -22.1. The summed E-state index contributed by atoms with van der Waals surface area (Å²) in [5.41, 5.74) is 3.80. The van der Waals surface area contributed by atoms with Gasteiger partial charge in [0.05, 0.1) is 19.8 Å². The molecule has 4 unspecified atom stereocenters. The minimum Gasteiger partial charge on any atom is -0.441 e. The molecule has 0 aliphatic carbocycles. The lowest BCUT2D eigenvalue weighted by Crippen LogP contribution is -2.65. The van der Waals surface area contributed by atoms with Crippen LogP contribution in [0, 0.1) is 0 Å². The number of hydrogen-bond acceptors (Lipinski definition) is 18. The fourth-order valence-corrected chi connectivity index (χ4v) is 5.68. The Hall–Kier alpha value is -3.04. The monoisotopic (exact) mass is 744 g/mol. The maximum Gasteiger partial charge on any atom is 0.404 e. The van der Waals surface area contributed by atoms with Gasteiger partial charge >= 0.3 is 17.7 Å². The highest BCUT2D eigenvalue weighted by atomic mass is 19.3. The molecule has 0 aromatic carbocycles. The number of aromatic nitrogens is 2. The Morgan fingerprint density at radius 3 is 2.14 bits per heavy atom. The predicted octanol–water partition coefficient (Wildman–Crippen LogP) is -4.63. The van der Waals surface area contributed by atoms with Crippen LogP contribution in [0.2, 0.25) is 0 Å². The molecule has 4 rings (SSSR count). The van der Waals surface area contributed by atoms with E-state index in [2.05, 4.69) is 10.3 Å². The van der Waals surface area contributed by atoms with Crippen LogP contribution < -0.4 is 16.7 Å². The number of aliphatic hydroxyl groups is 8. The molecule has 3 aliphatic rings. The van der Waals surface area contributed by atoms with Crippen molar-refractivity contribution >= 4 is 17.8 Å². The first-order chi connectivity index (χ1) is 24.1. The van der Waals surface area contributed by atoms with Gasteiger partial charge in [-0.15, -0.1) is 0 Å². The quantitative estimate of drug-likeness (QED) is 0.0755. The van der Waals surface area contributed by atoms with Crippen LogP contribution in [-0.4, -0.2) is 168 Å². The van der Waals surface area contributed by atoms with Crippen LogP contribution in [0.1, 0.15) is 31.9 Å². The Labute approximate surface area is 287 Å². The van der Waals surface area contributed by atoms with Crippen molar-refractivity contribution in [1.29, 1.82) is 0 Å². The van der Waals surface area contributed by atoms with E-state index in [0.29, 0.717) is 17.4 Å². The van der Waals surface area contributed by atoms with Crippen LogP contribution in [0.3, 0.4) is 0 Å². The molecule has 3 saturated heterocycles. The molecule has 3 aliphatic heterocycles. The Kier molecular flexibility index (Phi) is 14.1. The van der Waals surface area contributed by atoms with Gasteiger partial charge in [0.2, 0.25) is 12.1 Å². The second kappa shape index (κ2) is 17.7. The zero-order valence-corrected chi connectivity index (χ0v) is 26.8. The molecule has 1 aromatic heterocycles. The zero-order valence-electron chi connectivity index (χ0n) is 26.8. The molecule has 21 nitrogen and oxygen atoms in total. The van der Waals surface area contributed by atoms with Crippen molar-refractivity contribution in [1.82, 2.24) is 9.55 Å². The first kappa shape index (κ1) is 40.7. The molecule has 4 heterocycles. The van der Waals surface area contributed by atoms with Gasteiger partial charge in [-0.3, -0.25) is 9.36 Å². The lowest BCUT2D eigenvalue weighted by Gasteiger charge is -2.46. The number of nitrogens with zero attached hydrogens (tertiary/aromatic N) is 2. The van der Waals surface area contributed by atoms with E-state index in [4.69, 9.17) is 39.3 Å². The predicted molar refractivity (Wildman–Crippen MR) is 158 cm³/mol. The molecule has 0 saturated carbocycles. The molecule has 3 fully saturated rings. The number of rotatable bonds is 15. The van der Waals surface area contributed by atoms with E-state index in [0.717, 1.165) is 12.3 Å². The summed E-state index contributed by atoms with van der Waals surface area (Å²) < 4.78 is 61.1. The van der Waals surface area contributed by atoms with E-state index in [9.17, 15) is 58.9 Å². The number of nitrogens with one attached hydrogen (secondary N) is 1. The Morgan fingerprint density at radius 2 is 1.53 bits per heavy atom. The number of nitrogens with two attached hydrogens (primary N) is 1. The fraction of sp³-hybridized carbons (Fsp3) is 0.786. The lowest BCUT2D eigenvalue weighted by molar-refractivity contribution is -0.366. The molecule has 23 heteroatoms. The van der Waals surface area contributed by atoms with Crippen molar-refractivity contribution in [3.8, 4) is 0 Å². The smallest absolute Gasteiger partial charge is 0.404 e. The van der Waals surface area contributed by atoms with Gasteiger partial charge in [0.15, 0.2) is 24.8 Å². The molecule has 11 N–H and O–H groups in total. The van der Waals surface area contributed by atoms with Crippen LogP contribution >= 0.6 is 0 Å². The Balaban J connectivity index is 1.27. The highest BCUT2D eigenvalue weighted by Crippen LogP contribution is 2.42. The van der Waals surface area contributed by atoms with E-state index in [1.807, 2.05) is 0 Å². The van der Waals surface area contributed by atoms with Crippen molar-refractivity contribution in [3.05, 3.63) is 22.7 Å². The number of anilines is 1. The largest absolute Gasteiger partial charge is 0.441 e. The van der Waals surface area contributed by atoms with Crippen LogP contribution in [0.5, 0.6) is 0 Å². The number of carbonyl (C=O) groups excluding carboxylic acids is 2. The van der Waals surface area contributed by atoms with Gasteiger partial charge in [-0.1, -0.05) is 6.42 Å². The van der Waals surface area contributed by atoms with Crippen molar-refractivity contribution in [2.24, 2.45) is 5.73 Å². The second-order valence-corrected chi connectivity index (χ2v) is 12.0. The average Bonchev–Trinajstić information content (AvgIpc) is 3.31. The van der Waals surface area contributed by atoms with Gasteiger partial charge < -0.3 is 80.3 Å². The third-order valence-electron chi connectivity index (χ3n) is 8.43. The van der Waals surface area contributed by atoms with E-state index in [1.54, 1.807) is 0 Å². The topological polar surface area (TPSA) is 324 Å². The summed E-state index contributed by atoms with van der Waals surface area (Å²) in [4.78, 5) is 39.7. The number of primary amides is 1. The van der Waals surface area contributed by atoms with Crippen LogP contribution in [0.4, 0.5) is 19.4 Å². The molecule has 0 bridgehead atoms. The highest BCUT2D eigenvalue weighted by molar-refractivity contribution is 5.89. The molecule has 13 atom stereocenters. The number of halogens is 2. The number of unbranched alkanes of at least 4 members (excludes halogenated alkanes) is 2. The van der Waals surface area contributed by atoms with Gasteiger partial charge in [0, 0.05) is 19.2 Å². The van der Waals surface area contributed by atoms with E-state index < -0.39 is 123 Å².